The number of benzene rings is 1. The van der Waals surface area contributed by atoms with Gasteiger partial charge < -0.3 is 39.1 Å². The molecule has 0 bridgehead atoms. The molecule has 2 aromatic heterocycles. The number of hydrogen-bond acceptors (Lipinski definition) is 10. The van der Waals surface area contributed by atoms with Crippen LogP contribution in [0.15, 0.2) is 30.6 Å². The van der Waals surface area contributed by atoms with Crippen LogP contribution in [0.25, 0.3) is 11.2 Å². The highest BCUT2D eigenvalue weighted by Crippen LogP contribution is 2.56. The molecule has 2 aliphatic heterocycles. The van der Waals surface area contributed by atoms with Crippen LogP contribution < -0.4 is 4.90 Å². The number of anilines is 2. The van der Waals surface area contributed by atoms with Crippen molar-refractivity contribution in [2.75, 3.05) is 24.0 Å². The summed E-state index contributed by atoms with van der Waals surface area (Å²) in [6.07, 6.45) is 0.210. The Morgan fingerprint density at radius 2 is 1.82 bits per heavy atom. The van der Waals surface area contributed by atoms with E-state index in [0.717, 1.165) is 31.4 Å². The van der Waals surface area contributed by atoms with Crippen molar-refractivity contribution >= 4 is 49.5 Å². The van der Waals surface area contributed by atoms with Crippen molar-refractivity contribution in [3.8, 4) is 0 Å². The van der Waals surface area contributed by atoms with Gasteiger partial charge in [0, 0.05) is 17.6 Å². The van der Waals surface area contributed by atoms with Crippen LogP contribution >= 0.6 is 26.8 Å². The molecule has 216 valence electrons. The molecule has 5 atom stereocenters. The monoisotopic (exact) mass is 615 g/mol. The molecule has 5 N–H and O–H groups in total. The third kappa shape index (κ3) is 5.00. The van der Waals surface area contributed by atoms with Crippen LogP contribution in [0, 0.1) is 0 Å². The highest BCUT2D eigenvalue weighted by Gasteiger charge is 2.47. The van der Waals surface area contributed by atoms with Crippen molar-refractivity contribution < 1.29 is 43.3 Å². The fourth-order valence-corrected chi connectivity index (χ4v) is 8.84. The lowest BCUT2D eigenvalue weighted by Gasteiger charge is -2.25. The molecule has 3 aromatic rings. The SMILES string of the molecule is O=P(O)(O)CP(=O)(O)OC[C@H]1O[C@@H](n2cnc3c(N4CC5(CCCC5)c5ccccc54)nc(Cl)nc32)C(O)C1O. The summed E-state index contributed by atoms with van der Waals surface area (Å²) in [6.45, 7) is 0.000919. The smallest absolute Gasteiger partial charge is 0.340 e. The first-order valence-electron chi connectivity index (χ1n) is 12.7. The highest BCUT2D eigenvalue weighted by atomic mass is 35.5. The molecular formula is C23H28ClN5O9P2. The number of ether oxygens (including phenoxy) is 1. The van der Waals surface area contributed by atoms with Gasteiger partial charge in [0.05, 0.1) is 12.9 Å². The van der Waals surface area contributed by atoms with Gasteiger partial charge in [0.15, 0.2) is 29.1 Å². The molecule has 1 saturated carbocycles. The standard InChI is InChI=1S/C23H28ClN5O9P2/c24-22-26-19(28-10-23(7-3-4-8-23)13-5-1-2-6-14(13)28)16-20(27-22)29(11-25-16)21-18(31)17(30)15(38-21)9-37-40(35,36)12-39(32,33)34/h1-2,5-6,11,15,17-18,21,30-31H,3-4,7-10,12H2,(H,35,36)(H2,32,33,34)/t15-,17?,18?,21-/m1/s1. The lowest BCUT2D eigenvalue weighted by Crippen LogP contribution is -2.33. The molecule has 6 rings (SSSR count). The normalized spacial score (nSPS) is 27.5. The van der Waals surface area contributed by atoms with Crippen molar-refractivity contribution in [2.24, 2.45) is 0 Å². The molecule has 1 saturated heterocycles. The second-order valence-corrected chi connectivity index (χ2v) is 14.8. The van der Waals surface area contributed by atoms with Crippen LogP contribution in [0.2, 0.25) is 5.28 Å². The van der Waals surface area contributed by atoms with Gasteiger partial charge in [-0.05, 0) is 36.1 Å². The summed E-state index contributed by atoms with van der Waals surface area (Å²) in [4.78, 5) is 43.2. The van der Waals surface area contributed by atoms with E-state index in [0.29, 0.717) is 17.9 Å². The van der Waals surface area contributed by atoms with E-state index in [1.165, 1.54) is 16.5 Å². The molecule has 3 unspecified atom stereocenters. The van der Waals surface area contributed by atoms with E-state index in [1.54, 1.807) is 0 Å². The van der Waals surface area contributed by atoms with E-state index in [9.17, 15) is 24.2 Å². The number of aromatic nitrogens is 4. The number of aliphatic hydroxyl groups excluding tert-OH is 2. The summed E-state index contributed by atoms with van der Waals surface area (Å²) >= 11 is 6.38. The van der Waals surface area contributed by atoms with Gasteiger partial charge in [-0.3, -0.25) is 13.7 Å². The minimum atomic E-state index is -4.84. The van der Waals surface area contributed by atoms with Gasteiger partial charge >= 0.3 is 15.2 Å². The third-order valence-corrected chi connectivity index (χ3v) is 11.5. The lowest BCUT2D eigenvalue weighted by atomic mass is 9.81. The van der Waals surface area contributed by atoms with Crippen LogP contribution in [0.4, 0.5) is 11.5 Å². The third-order valence-electron chi connectivity index (χ3n) is 7.83. The maximum Gasteiger partial charge on any atom is 0.340 e. The van der Waals surface area contributed by atoms with Crippen LogP contribution in [0.3, 0.4) is 0 Å². The Kier molecular flexibility index (Phi) is 7.11. The average molecular weight is 616 g/mol. The summed E-state index contributed by atoms with van der Waals surface area (Å²) in [5, 5.41) is 21.3. The van der Waals surface area contributed by atoms with Gasteiger partial charge in [-0.25, -0.2) is 4.98 Å². The topological polar surface area (TPSA) is 201 Å². The van der Waals surface area contributed by atoms with E-state index in [4.69, 9.17) is 30.6 Å². The number of nitrogens with zero attached hydrogens (tertiary/aromatic N) is 5. The number of aliphatic hydroxyl groups is 2. The lowest BCUT2D eigenvalue weighted by molar-refractivity contribution is -0.0483. The highest BCUT2D eigenvalue weighted by molar-refractivity contribution is 7.70. The second-order valence-electron chi connectivity index (χ2n) is 10.5. The van der Waals surface area contributed by atoms with Gasteiger partial charge in [0.1, 0.15) is 18.3 Å². The van der Waals surface area contributed by atoms with Crippen molar-refractivity contribution in [3.63, 3.8) is 0 Å². The molecule has 40 heavy (non-hydrogen) atoms. The summed E-state index contributed by atoms with van der Waals surface area (Å²) in [7, 11) is -9.53. The van der Waals surface area contributed by atoms with Crippen molar-refractivity contribution in [3.05, 3.63) is 41.4 Å². The predicted octanol–water partition coefficient (Wildman–Crippen LogP) is 2.40. The van der Waals surface area contributed by atoms with E-state index < -0.39 is 52.2 Å². The van der Waals surface area contributed by atoms with E-state index in [2.05, 4.69) is 25.9 Å². The minimum absolute atomic E-state index is 0.0108. The first-order valence-corrected chi connectivity index (χ1v) is 16.6. The zero-order valence-electron chi connectivity index (χ0n) is 21.0. The molecule has 0 radical (unpaired) electrons. The molecule has 0 amide bonds. The van der Waals surface area contributed by atoms with Gasteiger partial charge in [0.25, 0.3) is 0 Å². The van der Waals surface area contributed by atoms with Crippen LogP contribution in [0.5, 0.6) is 0 Å². The van der Waals surface area contributed by atoms with Crippen LogP contribution in [0.1, 0.15) is 37.5 Å². The van der Waals surface area contributed by atoms with Crippen LogP contribution in [-0.2, 0) is 23.8 Å². The van der Waals surface area contributed by atoms with Gasteiger partial charge in [0.2, 0.25) is 5.28 Å². The Morgan fingerprint density at radius 3 is 2.55 bits per heavy atom. The summed E-state index contributed by atoms with van der Waals surface area (Å²) in [5.41, 5.74) is 2.93. The molecule has 14 nitrogen and oxygen atoms in total. The largest absolute Gasteiger partial charge is 0.387 e. The minimum Gasteiger partial charge on any atom is -0.387 e. The Hall–Kier alpha value is -1.96. The van der Waals surface area contributed by atoms with Crippen molar-refractivity contribution in [1.29, 1.82) is 0 Å². The Bertz CT molecular complexity index is 1540. The number of rotatable bonds is 7. The Labute approximate surface area is 233 Å². The summed E-state index contributed by atoms with van der Waals surface area (Å²) in [5.74, 6) is -0.892. The fraction of sp³-hybridized carbons (Fsp3) is 0.522. The van der Waals surface area contributed by atoms with Crippen LogP contribution in [-0.4, -0.2) is 81.8 Å². The Morgan fingerprint density at radius 1 is 1.10 bits per heavy atom. The van der Waals surface area contributed by atoms with E-state index in [1.807, 2.05) is 18.2 Å². The quantitative estimate of drug-likeness (QED) is 0.192. The molecule has 1 aliphatic carbocycles. The molecular weight excluding hydrogens is 588 g/mol. The molecule has 4 heterocycles. The number of fused-ring (bicyclic) bond motifs is 3. The fourth-order valence-electron chi connectivity index (χ4n) is 6.11. The molecule has 17 heteroatoms. The first-order chi connectivity index (χ1) is 18.9. The van der Waals surface area contributed by atoms with Gasteiger partial charge in [-0.1, -0.05) is 31.0 Å². The number of para-hydroxylation sites is 1. The summed E-state index contributed by atoms with van der Waals surface area (Å²) in [6, 6.07) is 8.19. The zero-order valence-corrected chi connectivity index (χ0v) is 23.6. The average Bonchev–Trinajstić information content (AvgIpc) is 3.64. The second kappa shape index (κ2) is 10.1. The molecule has 1 aromatic carbocycles. The molecule has 3 aliphatic rings. The number of hydrogen-bond donors (Lipinski definition) is 5. The van der Waals surface area contributed by atoms with Gasteiger partial charge in [-0.2, -0.15) is 9.97 Å². The van der Waals surface area contributed by atoms with E-state index in [-0.39, 0.29) is 16.3 Å². The maximum atomic E-state index is 12.0. The first kappa shape index (κ1) is 28.2. The predicted molar refractivity (Wildman–Crippen MR) is 143 cm³/mol. The number of imidazole rings is 1. The van der Waals surface area contributed by atoms with Crippen molar-refractivity contribution in [1.82, 2.24) is 19.5 Å². The van der Waals surface area contributed by atoms with Gasteiger partial charge in [-0.15, -0.1) is 0 Å². The summed E-state index contributed by atoms with van der Waals surface area (Å²) < 4.78 is 35.1. The Balaban J connectivity index is 1.30. The number of halogens is 1. The van der Waals surface area contributed by atoms with E-state index >= 15 is 0 Å². The maximum absolute atomic E-state index is 12.0. The zero-order chi connectivity index (χ0) is 28.4. The molecule has 2 fully saturated rings. The molecule has 1 spiro atoms. The van der Waals surface area contributed by atoms with Crippen molar-refractivity contribution in [2.45, 2.75) is 55.6 Å².